The second kappa shape index (κ2) is 3.71. The first-order valence-electron chi connectivity index (χ1n) is 3.47. The van der Waals surface area contributed by atoms with Crippen LogP contribution >= 0.6 is 0 Å². The molecular weight excluding hydrogens is 138 g/mol. The van der Waals surface area contributed by atoms with Crippen molar-refractivity contribution >= 4 is 0 Å². The van der Waals surface area contributed by atoms with Crippen molar-refractivity contribution in [3.8, 4) is 0 Å². The molecule has 0 unspecified atom stereocenters. The topological polar surface area (TPSA) is 30.7 Å². The molecule has 0 saturated heterocycles. The number of hydrogen-bond donors (Lipinski definition) is 0. The Hall–Kier alpha value is -1.38. The summed E-state index contributed by atoms with van der Waals surface area (Å²) in [6.07, 6.45) is 6.08. The van der Waals surface area contributed by atoms with Crippen LogP contribution in [0.4, 0.5) is 0 Å². The molecule has 58 valence electrons. The molecule has 0 bridgehead atoms. The predicted molar refractivity (Wildman–Crippen MR) is 44.1 cm³/mol. The van der Waals surface area contributed by atoms with Gasteiger partial charge in [-0.15, -0.1) is 23.4 Å². The number of nitrogens with zero attached hydrogens (tertiary/aromatic N) is 3. The first kappa shape index (κ1) is 7.72. The fraction of sp³-hybridized carbons (Fsp3) is 0.250. The molecule has 0 radical (unpaired) electrons. The lowest BCUT2D eigenvalue weighted by atomic mass is 10.4. The first-order valence-corrected chi connectivity index (χ1v) is 3.47. The van der Waals surface area contributed by atoms with Crippen molar-refractivity contribution in [3.63, 3.8) is 0 Å². The molecule has 1 heterocycles. The van der Waals surface area contributed by atoms with E-state index >= 15 is 0 Å². The van der Waals surface area contributed by atoms with Crippen molar-refractivity contribution in [1.82, 2.24) is 14.8 Å². The lowest BCUT2D eigenvalue weighted by molar-refractivity contribution is 0.763. The molecule has 0 saturated carbocycles. The standard InChI is InChI=1S/C8H11N3/c1-3-5-8-10-9-7-11(8)6-4-2/h3-4,7H,1-2,5-6H2. The molecular formula is C8H11N3. The summed E-state index contributed by atoms with van der Waals surface area (Å²) in [5, 5.41) is 7.70. The van der Waals surface area contributed by atoms with Gasteiger partial charge in [-0.25, -0.2) is 0 Å². The largest absolute Gasteiger partial charge is 0.313 e. The minimum absolute atomic E-state index is 0.758. The van der Waals surface area contributed by atoms with Crippen molar-refractivity contribution in [1.29, 1.82) is 0 Å². The molecule has 0 aliphatic heterocycles. The summed E-state index contributed by atoms with van der Waals surface area (Å²) in [4.78, 5) is 0. The molecule has 11 heavy (non-hydrogen) atoms. The maximum atomic E-state index is 3.92. The summed E-state index contributed by atoms with van der Waals surface area (Å²) in [5.74, 6) is 0.930. The third-order valence-corrected chi connectivity index (χ3v) is 1.35. The Kier molecular flexibility index (Phi) is 2.60. The Morgan fingerprint density at radius 3 is 2.91 bits per heavy atom. The highest BCUT2D eigenvalue weighted by atomic mass is 15.3. The number of aromatic nitrogens is 3. The SMILES string of the molecule is C=CCc1nncn1CC=C. The number of allylic oxidation sites excluding steroid dienone is 2. The van der Waals surface area contributed by atoms with Gasteiger partial charge in [0, 0.05) is 13.0 Å². The highest BCUT2D eigenvalue weighted by molar-refractivity contribution is 4.94. The summed E-state index contributed by atoms with van der Waals surface area (Å²) in [7, 11) is 0. The Balaban J connectivity index is 2.76. The van der Waals surface area contributed by atoms with E-state index in [-0.39, 0.29) is 0 Å². The molecule has 0 spiro atoms. The molecule has 3 heteroatoms. The van der Waals surface area contributed by atoms with Gasteiger partial charge in [-0.2, -0.15) is 0 Å². The Morgan fingerprint density at radius 2 is 2.27 bits per heavy atom. The van der Waals surface area contributed by atoms with Crippen molar-refractivity contribution in [2.45, 2.75) is 13.0 Å². The molecule has 1 aromatic heterocycles. The average molecular weight is 149 g/mol. The molecule has 0 aliphatic carbocycles. The minimum atomic E-state index is 0.758. The third kappa shape index (κ3) is 1.77. The van der Waals surface area contributed by atoms with Gasteiger partial charge in [0.05, 0.1) is 0 Å². The minimum Gasteiger partial charge on any atom is -0.313 e. The Bertz CT molecular complexity index is 225. The van der Waals surface area contributed by atoms with E-state index in [1.165, 1.54) is 0 Å². The molecule has 0 aromatic carbocycles. The lowest BCUT2D eigenvalue weighted by Gasteiger charge is -1.98. The summed E-state index contributed by atoms with van der Waals surface area (Å²) in [6.45, 7) is 8.02. The van der Waals surface area contributed by atoms with Crippen LogP contribution in [0.15, 0.2) is 31.6 Å². The lowest BCUT2D eigenvalue weighted by Crippen LogP contribution is -1.99. The van der Waals surface area contributed by atoms with Crippen LogP contribution < -0.4 is 0 Å². The maximum absolute atomic E-state index is 3.92. The quantitative estimate of drug-likeness (QED) is 0.602. The van der Waals surface area contributed by atoms with Crippen molar-refractivity contribution in [2.75, 3.05) is 0 Å². The molecule has 0 amide bonds. The first-order chi connectivity index (χ1) is 5.38. The summed E-state index contributed by atoms with van der Waals surface area (Å²) >= 11 is 0. The van der Waals surface area contributed by atoms with E-state index in [0.29, 0.717) is 0 Å². The van der Waals surface area contributed by atoms with Gasteiger partial charge in [-0.1, -0.05) is 12.2 Å². The Labute approximate surface area is 66.1 Å². The molecule has 0 N–H and O–H groups in total. The van der Waals surface area contributed by atoms with Crippen LogP contribution in [-0.2, 0) is 13.0 Å². The van der Waals surface area contributed by atoms with Gasteiger partial charge in [-0.3, -0.25) is 0 Å². The zero-order valence-electron chi connectivity index (χ0n) is 6.40. The van der Waals surface area contributed by atoms with E-state index in [9.17, 15) is 0 Å². The van der Waals surface area contributed by atoms with Crippen molar-refractivity contribution in [2.24, 2.45) is 0 Å². The van der Waals surface area contributed by atoms with Gasteiger partial charge in [0.1, 0.15) is 12.2 Å². The highest BCUT2D eigenvalue weighted by Crippen LogP contribution is 1.96. The molecule has 3 nitrogen and oxygen atoms in total. The zero-order chi connectivity index (χ0) is 8.10. The number of rotatable bonds is 4. The van der Waals surface area contributed by atoms with E-state index in [1.807, 2.05) is 16.7 Å². The smallest absolute Gasteiger partial charge is 0.136 e. The van der Waals surface area contributed by atoms with Gasteiger partial charge in [0.15, 0.2) is 0 Å². The normalized spacial score (nSPS) is 9.45. The van der Waals surface area contributed by atoms with Crippen LogP contribution in [0.3, 0.4) is 0 Å². The van der Waals surface area contributed by atoms with E-state index in [2.05, 4.69) is 23.4 Å². The summed E-state index contributed by atoms with van der Waals surface area (Å²) in [5.41, 5.74) is 0. The molecule has 1 rings (SSSR count). The molecule has 0 atom stereocenters. The van der Waals surface area contributed by atoms with Gasteiger partial charge >= 0.3 is 0 Å². The molecule has 0 fully saturated rings. The van der Waals surface area contributed by atoms with Crippen molar-refractivity contribution < 1.29 is 0 Å². The second-order valence-electron chi connectivity index (χ2n) is 2.18. The van der Waals surface area contributed by atoms with E-state index in [0.717, 1.165) is 18.8 Å². The zero-order valence-corrected chi connectivity index (χ0v) is 6.40. The van der Waals surface area contributed by atoms with Crippen LogP contribution in [0.2, 0.25) is 0 Å². The maximum Gasteiger partial charge on any atom is 0.136 e. The van der Waals surface area contributed by atoms with Crippen LogP contribution in [0.5, 0.6) is 0 Å². The van der Waals surface area contributed by atoms with Gasteiger partial charge < -0.3 is 4.57 Å². The fourth-order valence-corrected chi connectivity index (χ4v) is 0.858. The van der Waals surface area contributed by atoms with Crippen LogP contribution in [0.25, 0.3) is 0 Å². The highest BCUT2D eigenvalue weighted by Gasteiger charge is 1.98. The summed E-state index contributed by atoms with van der Waals surface area (Å²) < 4.78 is 1.94. The Morgan fingerprint density at radius 1 is 1.45 bits per heavy atom. The average Bonchev–Trinajstić information content (AvgIpc) is 2.39. The molecule has 0 aliphatic rings. The van der Waals surface area contributed by atoms with E-state index in [4.69, 9.17) is 0 Å². The van der Waals surface area contributed by atoms with E-state index < -0.39 is 0 Å². The van der Waals surface area contributed by atoms with Gasteiger partial charge in [-0.05, 0) is 0 Å². The summed E-state index contributed by atoms with van der Waals surface area (Å²) in [6, 6.07) is 0. The fourth-order valence-electron chi connectivity index (χ4n) is 0.858. The van der Waals surface area contributed by atoms with E-state index in [1.54, 1.807) is 6.33 Å². The van der Waals surface area contributed by atoms with Crippen LogP contribution in [-0.4, -0.2) is 14.8 Å². The second-order valence-corrected chi connectivity index (χ2v) is 2.18. The van der Waals surface area contributed by atoms with Crippen LogP contribution in [0, 0.1) is 0 Å². The third-order valence-electron chi connectivity index (χ3n) is 1.35. The van der Waals surface area contributed by atoms with Gasteiger partial charge in [0.2, 0.25) is 0 Å². The predicted octanol–water partition coefficient (Wildman–Crippen LogP) is 1.19. The number of hydrogen-bond acceptors (Lipinski definition) is 2. The molecule has 1 aromatic rings. The van der Waals surface area contributed by atoms with Gasteiger partial charge in [0.25, 0.3) is 0 Å². The van der Waals surface area contributed by atoms with Crippen LogP contribution in [0.1, 0.15) is 5.82 Å². The van der Waals surface area contributed by atoms with Crippen molar-refractivity contribution in [3.05, 3.63) is 37.5 Å². The monoisotopic (exact) mass is 149 g/mol.